The SMILES string of the molecule is C[C@H](Cc1cncc(-c2cccc(NS(C)(=O)=O)c2)n1)c1cccc(NC(=O)c2cccnc2)c1. The molecule has 0 saturated heterocycles. The van der Waals surface area contributed by atoms with Gasteiger partial charge in [0.15, 0.2) is 0 Å². The highest BCUT2D eigenvalue weighted by molar-refractivity contribution is 7.92. The number of pyridine rings is 1. The van der Waals surface area contributed by atoms with Gasteiger partial charge in [-0.15, -0.1) is 0 Å². The first kappa shape index (κ1) is 24.0. The second kappa shape index (κ2) is 10.4. The third kappa shape index (κ3) is 6.70. The molecule has 0 unspecified atom stereocenters. The van der Waals surface area contributed by atoms with Gasteiger partial charge in [0.1, 0.15) is 0 Å². The quantitative estimate of drug-likeness (QED) is 0.378. The average Bonchev–Trinajstić information content (AvgIpc) is 2.84. The lowest BCUT2D eigenvalue weighted by Crippen LogP contribution is -2.12. The zero-order valence-electron chi connectivity index (χ0n) is 19.3. The third-order valence-corrected chi connectivity index (χ3v) is 5.91. The predicted molar refractivity (Wildman–Crippen MR) is 137 cm³/mol. The first-order valence-electron chi connectivity index (χ1n) is 11.0. The van der Waals surface area contributed by atoms with Gasteiger partial charge in [-0.2, -0.15) is 0 Å². The Morgan fingerprint density at radius 2 is 1.74 bits per heavy atom. The number of hydrogen-bond donors (Lipinski definition) is 2. The van der Waals surface area contributed by atoms with Crippen LogP contribution < -0.4 is 10.0 Å². The van der Waals surface area contributed by atoms with Crippen LogP contribution in [0.4, 0.5) is 11.4 Å². The van der Waals surface area contributed by atoms with Crippen molar-refractivity contribution in [3.05, 3.63) is 102 Å². The van der Waals surface area contributed by atoms with Crippen molar-refractivity contribution in [1.29, 1.82) is 0 Å². The van der Waals surface area contributed by atoms with Crippen molar-refractivity contribution in [2.24, 2.45) is 0 Å². The molecule has 9 heteroatoms. The van der Waals surface area contributed by atoms with Gasteiger partial charge < -0.3 is 5.32 Å². The molecule has 0 saturated carbocycles. The van der Waals surface area contributed by atoms with Crippen LogP contribution in [-0.2, 0) is 16.4 Å². The summed E-state index contributed by atoms with van der Waals surface area (Å²) < 4.78 is 25.6. The minimum atomic E-state index is -3.37. The summed E-state index contributed by atoms with van der Waals surface area (Å²) in [5, 5.41) is 2.91. The number of carbonyl (C=O) groups is 1. The topological polar surface area (TPSA) is 114 Å². The smallest absolute Gasteiger partial charge is 0.257 e. The molecule has 1 amide bonds. The summed E-state index contributed by atoms with van der Waals surface area (Å²) in [5.41, 5.74) is 4.95. The number of aromatic nitrogens is 3. The molecule has 2 heterocycles. The van der Waals surface area contributed by atoms with Gasteiger partial charge in [-0.25, -0.2) is 13.4 Å². The van der Waals surface area contributed by atoms with Gasteiger partial charge in [0.05, 0.1) is 29.4 Å². The number of benzene rings is 2. The van der Waals surface area contributed by atoms with Gasteiger partial charge in [-0.3, -0.25) is 19.5 Å². The van der Waals surface area contributed by atoms with Gasteiger partial charge in [0.2, 0.25) is 10.0 Å². The van der Waals surface area contributed by atoms with Crippen molar-refractivity contribution < 1.29 is 13.2 Å². The normalized spacial score (nSPS) is 12.1. The highest BCUT2D eigenvalue weighted by Crippen LogP contribution is 2.25. The number of carbonyl (C=O) groups excluding carboxylic acids is 1. The number of rotatable bonds is 8. The van der Waals surface area contributed by atoms with Crippen LogP contribution >= 0.6 is 0 Å². The summed E-state index contributed by atoms with van der Waals surface area (Å²) >= 11 is 0. The molecule has 178 valence electrons. The molecule has 4 aromatic rings. The van der Waals surface area contributed by atoms with E-state index >= 15 is 0 Å². The standard InChI is InChI=1S/C26H25N5O3S/c1-18(19-6-3-9-22(13-19)30-26(32)21-8-5-11-27-15-21)12-24-16-28-17-25(29-24)20-7-4-10-23(14-20)31-35(2,33)34/h3-11,13-18,31H,12H2,1-2H3,(H,30,32)/t18-/m1/s1. The van der Waals surface area contributed by atoms with E-state index in [1.54, 1.807) is 48.9 Å². The summed E-state index contributed by atoms with van der Waals surface area (Å²) in [6.45, 7) is 2.09. The van der Waals surface area contributed by atoms with Crippen molar-refractivity contribution in [1.82, 2.24) is 15.0 Å². The first-order chi connectivity index (χ1) is 16.8. The summed E-state index contributed by atoms with van der Waals surface area (Å²) in [6.07, 6.45) is 8.29. The van der Waals surface area contributed by atoms with Crippen molar-refractivity contribution in [2.75, 3.05) is 16.3 Å². The zero-order valence-corrected chi connectivity index (χ0v) is 20.2. The lowest BCUT2D eigenvalue weighted by Gasteiger charge is -2.14. The van der Waals surface area contributed by atoms with E-state index in [0.29, 0.717) is 29.1 Å². The van der Waals surface area contributed by atoms with Crippen LogP contribution in [0.15, 0.2) is 85.5 Å². The maximum Gasteiger partial charge on any atom is 0.257 e. The Morgan fingerprint density at radius 3 is 2.51 bits per heavy atom. The van der Waals surface area contributed by atoms with E-state index in [4.69, 9.17) is 4.98 Å². The van der Waals surface area contributed by atoms with E-state index < -0.39 is 10.0 Å². The van der Waals surface area contributed by atoms with Gasteiger partial charge in [0.25, 0.3) is 5.91 Å². The van der Waals surface area contributed by atoms with E-state index in [9.17, 15) is 13.2 Å². The molecular weight excluding hydrogens is 462 g/mol. The second-order valence-corrected chi connectivity index (χ2v) is 10.0. The van der Waals surface area contributed by atoms with E-state index in [2.05, 4.69) is 26.9 Å². The molecule has 4 rings (SSSR count). The van der Waals surface area contributed by atoms with Crippen molar-refractivity contribution in [2.45, 2.75) is 19.3 Å². The molecule has 2 aromatic carbocycles. The van der Waals surface area contributed by atoms with Crippen LogP contribution in [-0.4, -0.2) is 35.5 Å². The van der Waals surface area contributed by atoms with E-state index in [1.165, 1.54) is 6.20 Å². The first-order valence-corrected chi connectivity index (χ1v) is 12.9. The Hall–Kier alpha value is -4.11. The molecular formula is C26H25N5O3S. The molecule has 2 aromatic heterocycles. The lowest BCUT2D eigenvalue weighted by molar-refractivity contribution is 0.102. The largest absolute Gasteiger partial charge is 0.322 e. The molecule has 0 spiro atoms. The van der Waals surface area contributed by atoms with Crippen LogP contribution in [0.5, 0.6) is 0 Å². The number of nitrogens with zero attached hydrogens (tertiary/aromatic N) is 3. The fourth-order valence-electron chi connectivity index (χ4n) is 3.65. The average molecular weight is 488 g/mol. The lowest BCUT2D eigenvalue weighted by atomic mass is 9.96. The molecule has 0 bridgehead atoms. The van der Waals surface area contributed by atoms with Crippen molar-refractivity contribution >= 4 is 27.3 Å². The molecule has 8 nitrogen and oxygen atoms in total. The maximum atomic E-state index is 12.5. The van der Waals surface area contributed by atoms with E-state index in [0.717, 1.165) is 23.1 Å². The molecule has 0 fully saturated rings. The number of hydrogen-bond acceptors (Lipinski definition) is 6. The van der Waals surface area contributed by atoms with Crippen molar-refractivity contribution in [3.8, 4) is 11.3 Å². The number of nitrogens with one attached hydrogen (secondary N) is 2. The Bertz CT molecular complexity index is 1440. The highest BCUT2D eigenvalue weighted by atomic mass is 32.2. The minimum Gasteiger partial charge on any atom is -0.322 e. The minimum absolute atomic E-state index is 0.119. The third-order valence-electron chi connectivity index (χ3n) is 5.30. The maximum absolute atomic E-state index is 12.5. The number of anilines is 2. The zero-order chi connectivity index (χ0) is 24.8. The van der Waals surface area contributed by atoms with Gasteiger partial charge >= 0.3 is 0 Å². The van der Waals surface area contributed by atoms with Gasteiger partial charge in [-0.1, -0.05) is 31.2 Å². The van der Waals surface area contributed by atoms with Crippen LogP contribution in [0.3, 0.4) is 0 Å². The van der Waals surface area contributed by atoms with Gasteiger partial charge in [-0.05, 0) is 54.3 Å². The van der Waals surface area contributed by atoms with E-state index in [1.807, 2.05) is 30.3 Å². The van der Waals surface area contributed by atoms with Crippen LogP contribution in [0.2, 0.25) is 0 Å². The predicted octanol–water partition coefficient (Wildman–Crippen LogP) is 4.51. The van der Waals surface area contributed by atoms with Crippen LogP contribution in [0.25, 0.3) is 11.3 Å². The Balaban J connectivity index is 1.48. The Morgan fingerprint density at radius 1 is 0.943 bits per heavy atom. The monoisotopic (exact) mass is 487 g/mol. The van der Waals surface area contributed by atoms with Crippen molar-refractivity contribution in [3.63, 3.8) is 0 Å². The molecule has 0 radical (unpaired) electrons. The Kier molecular flexibility index (Phi) is 7.17. The summed E-state index contributed by atoms with van der Waals surface area (Å²) in [6, 6.07) is 18.2. The number of sulfonamides is 1. The number of amides is 1. The molecule has 0 aliphatic heterocycles. The molecule has 35 heavy (non-hydrogen) atoms. The molecule has 2 N–H and O–H groups in total. The summed E-state index contributed by atoms with van der Waals surface area (Å²) in [4.78, 5) is 25.5. The fourth-order valence-corrected chi connectivity index (χ4v) is 4.21. The second-order valence-electron chi connectivity index (χ2n) is 8.28. The van der Waals surface area contributed by atoms with E-state index in [-0.39, 0.29) is 11.8 Å². The molecule has 1 atom stereocenters. The fraction of sp³-hybridized carbons (Fsp3) is 0.154. The van der Waals surface area contributed by atoms with Gasteiger partial charge in [0, 0.05) is 35.5 Å². The van der Waals surface area contributed by atoms with Crippen LogP contribution in [0.1, 0.15) is 34.5 Å². The molecule has 0 aliphatic carbocycles. The Labute approximate surface area is 204 Å². The molecule has 0 aliphatic rings. The summed E-state index contributed by atoms with van der Waals surface area (Å²) in [7, 11) is -3.37. The van der Waals surface area contributed by atoms with Crippen LogP contribution in [0, 0.1) is 0 Å². The summed E-state index contributed by atoms with van der Waals surface area (Å²) in [5.74, 6) is -0.0953. The highest BCUT2D eigenvalue weighted by Gasteiger charge is 2.12.